The van der Waals surface area contributed by atoms with Gasteiger partial charge in [0, 0.05) is 6.20 Å². The summed E-state index contributed by atoms with van der Waals surface area (Å²) in [4.78, 5) is 20.3. The van der Waals surface area contributed by atoms with Gasteiger partial charge in [0.1, 0.15) is 5.69 Å². The van der Waals surface area contributed by atoms with Crippen LogP contribution >= 0.6 is 27.3 Å². The van der Waals surface area contributed by atoms with Crippen molar-refractivity contribution in [1.82, 2.24) is 9.97 Å². The molecule has 2 heterocycles. The second kappa shape index (κ2) is 5.58. The summed E-state index contributed by atoms with van der Waals surface area (Å²) in [6.07, 6.45) is 1.59. The molecule has 0 aliphatic heterocycles. The number of anilines is 1. The predicted molar refractivity (Wildman–Crippen MR) is 76.1 cm³/mol. The van der Waals surface area contributed by atoms with Gasteiger partial charge in [-0.1, -0.05) is 31.3 Å². The second-order valence-corrected chi connectivity index (χ2v) is 6.32. The number of nitrogens with one attached hydrogen (secondary N) is 1. The van der Waals surface area contributed by atoms with Crippen molar-refractivity contribution < 1.29 is 4.79 Å². The summed E-state index contributed by atoms with van der Waals surface area (Å²) in [6, 6.07) is 5.22. The maximum atomic E-state index is 11.9. The van der Waals surface area contributed by atoms with Gasteiger partial charge in [-0.2, -0.15) is 0 Å². The zero-order chi connectivity index (χ0) is 13.1. The average Bonchev–Trinajstić information content (AvgIpc) is 2.71. The van der Waals surface area contributed by atoms with Crippen LogP contribution in [0.2, 0.25) is 0 Å². The Bertz CT molecular complexity index is 554. The van der Waals surface area contributed by atoms with Crippen molar-refractivity contribution in [3.8, 4) is 0 Å². The van der Waals surface area contributed by atoms with Gasteiger partial charge in [0.05, 0.1) is 9.48 Å². The second-order valence-electron chi connectivity index (χ2n) is 4.00. The number of nitrogens with zero attached hydrogens (tertiary/aromatic N) is 2. The van der Waals surface area contributed by atoms with Gasteiger partial charge in [-0.3, -0.25) is 15.1 Å². The molecule has 1 amide bonds. The molecule has 0 aliphatic carbocycles. The summed E-state index contributed by atoms with van der Waals surface area (Å²) in [5.74, 6) is 0.0725. The number of hydrogen-bond acceptors (Lipinski definition) is 4. The number of pyridine rings is 1. The first-order valence-corrected chi connectivity index (χ1v) is 7.07. The molecule has 4 nitrogen and oxygen atoms in total. The summed E-state index contributed by atoms with van der Waals surface area (Å²) < 4.78 is 0.953. The van der Waals surface area contributed by atoms with E-state index >= 15 is 0 Å². The van der Waals surface area contributed by atoms with Crippen LogP contribution in [0.15, 0.2) is 28.2 Å². The third-order valence-electron chi connectivity index (χ3n) is 2.27. The van der Waals surface area contributed by atoms with Gasteiger partial charge in [0.25, 0.3) is 5.91 Å². The maximum absolute atomic E-state index is 11.9. The molecule has 2 aromatic rings. The summed E-state index contributed by atoms with van der Waals surface area (Å²) in [7, 11) is 0. The molecule has 1 N–H and O–H groups in total. The van der Waals surface area contributed by atoms with Gasteiger partial charge in [-0.15, -0.1) is 0 Å². The largest absolute Gasteiger partial charge is 0.296 e. The van der Waals surface area contributed by atoms with Gasteiger partial charge in [0.2, 0.25) is 0 Å². The summed E-state index contributed by atoms with van der Waals surface area (Å²) >= 11 is 4.86. The van der Waals surface area contributed by atoms with E-state index in [1.165, 1.54) is 11.3 Å². The van der Waals surface area contributed by atoms with E-state index in [0.29, 0.717) is 16.7 Å². The fraction of sp³-hybridized carbons (Fsp3) is 0.250. The zero-order valence-corrected chi connectivity index (χ0v) is 12.4. The molecule has 0 aromatic carbocycles. The molecular weight excluding hydrogens is 314 g/mol. The normalized spacial score (nSPS) is 10.7. The lowest BCUT2D eigenvalue weighted by molar-refractivity contribution is 0.102. The Kier molecular flexibility index (Phi) is 4.08. The molecule has 2 aromatic heterocycles. The third kappa shape index (κ3) is 2.94. The van der Waals surface area contributed by atoms with E-state index in [1.54, 1.807) is 24.4 Å². The molecule has 0 radical (unpaired) electrons. The first-order valence-electron chi connectivity index (χ1n) is 5.46. The highest BCUT2D eigenvalue weighted by Crippen LogP contribution is 2.32. The number of aromatic nitrogens is 2. The van der Waals surface area contributed by atoms with Crippen LogP contribution in [0.25, 0.3) is 0 Å². The lowest BCUT2D eigenvalue weighted by atomic mass is 10.2. The van der Waals surface area contributed by atoms with E-state index in [-0.39, 0.29) is 5.91 Å². The Balaban J connectivity index is 2.15. The number of amides is 1. The number of thiazole rings is 1. The van der Waals surface area contributed by atoms with Gasteiger partial charge in [-0.05, 0) is 34.0 Å². The summed E-state index contributed by atoms with van der Waals surface area (Å²) in [5, 5.41) is 3.33. The topological polar surface area (TPSA) is 54.9 Å². The molecule has 0 saturated carbocycles. The molecule has 0 unspecified atom stereocenters. The minimum Gasteiger partial charge on any atom is -0.296 e. The van der Waals surface area contributed by atoms with Gasteiger partial charge in [0.15, 0.2) is 5.13 Å². The van der Waals surface area contributed by atoms with Crippen molar-refractivity contribution >= 4 is 38.3 Å². The molecule has 0 bridgehead atoms. The van der Waals surface area contributed by atoms with Gasteiger partial charge < -0.3 is 0 Å². The number of halogens is 1. The van der Waals surface area contributed by atoms with Crippen LogP contribution in [0.5, 0.6) is 0 Å². The molecule has 18 heavy (non-hydrogen) atoms. The standard InChI is InChI=1S/C12H12BrN3OS/c1-7(2)9-10(13)18-12(15-9)16-11(17)8-5-3-4-6-14-8/h3-7H,1-2H3,(H,15,16,17). The molecule has 0 fully saturated rings. The third-order valence-corrected chi connectivity index (χ3v) is 3.94. The van der Waals surface area contributed by atoms with Gasteiger partial charge in [-0.25, -0.2) is 4.98 Å². The summed E-state index contributed by atoms with van der Waals surface area (Å²) in [6.45, 7) is 4.12. The van der Waals surface area contributed by atoms with E-state index in [0.717, 1.165) is 9.48 Å². The van der Waals surface area contributed by atoms with E-state index in [4.69, 9.17) is 0 Å². The Morgan fingerprint density at radius 2 is 2.22 bits per heavy atom. The number of hydrogen-bond donors (Lipinski definition) is 1. The Hall–Kier alpha value is -1.27. The minimum atomic E-state index is -0.243. The molecule has 6 heteroatoms. The van der Waals surface area contributed by atoms with Crippen molar-refractivity contribution in [1.29, 1.82) is 0 Å². The zero-order valence-electron chi connectivity index (χ0n) is 9.98. The summed E-state index contributed by atoms with van der Waals surface area (Å²) in [5.41, 5.74) is 1.34. The first-order chi connectivity index (χ1) is 8.58. The lowest BCUT2D eigenvalue weighted by Crippen LogP contribution is -2.13. The molecule has 0 spiro atoms. The van der Waals surface area contributed by atoms with Crippen molar-refractivity contribution in [2.45, 2.75) is 19.8 Å². The highest BCUT2D eigenvalue weighted by Gasteiger charge is 2.14. The van der Waals surface area contributed by atoms with Crippen molar-refractivity contribution in [3.63, 3.8) is 0 Å². The molecule has 0 aliphatic rings. The van der Waals surface area contributed by atoms with Crippen LogP contribution in [0, 0.1) is 0 Å². The molecule has 0 atom stereocenters. The molecular formula is C12H12BrN3OS. The van der Waals surface area contributed by atoms with Crippen molar-refractivity contribution in [3.05, 3.63) is 39.6 Å². The number of rotatable bonds is 3. The highest BCUT2D eigenvalue weighted by atomic mass is 79.9. The minimum absolute atomic E-state index is 0.243. The predicted octanol–water partition coefficient (Wildman–Crippen LogP) is 3.68. The van der Waals surface area contributed by atoms with E-state index in [9.17, 15) is 4.79 Å². The fourth-order valence-corrected chi connectivity index (χ4v) is 3.23. The number of carbonyl (C=O) groups is 1. The van der Waals surface area contributed by atoms with Crippen LogP contribution in [-0.2, 0) is 0 Å². The number of carbonyl (C=O) groups excluding carboxylic acids is 1. The lowest BCUT2D eigenvalue weighted by Gasteiger charge is -2.00. The van der Waals surface area contributed by atoms with Crippen LogP contribution in [0.4, 0.5) is 5.13 Å². The molecule has 0 saturated heterocycles. The Morgan fingerprint density at radius 3 is 2.78 bits per heavy atom. The monoisotopic (exact) mass is 325 g/mol. The molecule has 94 valence electrons. The smallest absolute Gasteiger partial charge is 0.276 e. The average molecular weight is 326 g/mol. The van der Waals surface area contributed by atoms with Crippen LogP contribution in [-0.4, -0.2) is 15.9 Å². The van der Waals surface area contributed by atoms with Crippen molar-refractivity contribution in [2.75, 3.05) is 5.32 Å². The Labute approximate surface area is 118 Å². The van der Waals surface area contributed by atoms with E-state index in [1.807, 2.05) is 0 Å². The van der Waals surface area contributed by atoms with Crippen LogP contribution in [0.1, 0.15) is 35.9 Å². The quantitative estimate of drug-likeness (QED) is 0.936. The maximum Gasteiger partial charge on any atom is 0.276 e. The SMILES string of the molecule is CC(C)c1nc(NC(=O)c2ccccn2)sc1Br. The van der Waals surface area contributed by atoms with Gasteiger partial charge >= 0.3 is 0 Å². The van der Waals surface area contributed by atoms with E-state index in [2.05, 4.69) is 45.1 Å². The van der Waals surface area contributed by atoms with E-state index < -0.39 is 0 Å². The van der Waals surface area contributed by atoms with Crippen LogP contribution in [0.3, 0.4) is 0 Å². The molecule has 2 rings (SSSR count). The van der Waals surface area contributed by atoms with Crippen molar-refractivity contribution in [2.24, 2.45) is 0 Å². The Morgan fingerprint density at radius 1 is 1.44 bits per heavy atom. The highest BCUT2D eigenvalue weighted by molar-refractivity contribution is 9.11. The van der Waals surface area contributed by atoms with Crippen LogP contribution < -0.4 is 5.32 Å². The first kappa shape index (κ1) is 13.2. The fourth-order valence-electron chi connectivity index (χ4n) is 1.38.